The molecule has 0 aromatic heterocycles. The van der Waals surface area contributed by atoms with Crippen molar-refractivity contribution >= 4 is 0 Å². The van der Waals surface area contributed by atoms with Gasteiger partial charge in [0.2, 0.25) is 0 Å². The highest BCUT2D eigenvalue weighted by atomic mass is 16.6. The normalized spacial score (nSPS) is 23.3. The second-order valence-corrected chi connectivity index (χ2v) is 6.84. The van der Waals surface area contributed by atoms with Crippen molar-refractivity contribution in [2.24, 2.45) is 5.41 Å². The van der Waals surface area contributed by atoms with E-state index < -0.39 is 0 Å². The van der Waals surface area contributed by atoms with E-state index in [9.17, 15) is 0 Å². The fourth-order valence-corrected chi connectivity index (χ4v) is 3.29. The lowest BCUT2D eigenvalue weighted by Crippen LogP contribution is -2.33. The van der Waals surface area contributed by atoms with Crippen LogP contribution in [0.15, 0.2) is 0 Å². The van der Waals surface area contributed by atoms with Crippen LogP contribution in [0.5, 0.6) is 0 Å². The van der Waals surface area contributed by atoms with Crippen LogP contribution < -0.4 is 0 Å². The standard InChI is InChI=1S/C19H36O7/c1-3-20-5-7-22-9-11-24-15-19(13-17-18(14-19)26-17)16-25-12-10-23-8-6-21-4-2/h17-18H,3-16H2,1-2H3. The average molecular weight is 376 g/mol. The minimum atomic E-state index is 0.0736. The summed E-state index contributed by atoms with van der Waals surface area (Å²) in [5.74, 6) is 0. The van der Waals surface area contributed by atoms with Gasteiger partial charge in [-0.1, -0.05) is 0 Å². The van der Waals surface area contributed by atoms with Crippen molar-refractivity contribution in [1.82, 2.24) is 0 Å². The summed E-state index contributed by atoms with van der Waals surface area (Å²) in [7, 11) is 0. The molecule has 1 saturated heterocycles. The second-order valence-electron chi connectivity index (χ2n) is 6.84. The smallest absolute Gasteiger partial charge is 0.0849 e. The van der Waals surface area contributed by atoms with Gasteiger partial charge in [-0.05, 0) is 26.7 Å². The lowest BCUT2D eigenvalue weighted by Gasteiger charge is -2.30. The predicted molar refractivity (Wildman–Crippen MR) is 96.6 cm³/mol. The van der Waals surface area contributed by atoms with Gasteiger partial charge in [0, 0.05) is 18.6 Å². The Bertz CT molecular complexity index is 321. The Morgan fingerprint density at radius 2 is 1.00 bits per heavy atom. The van der Waals surface area contributed by atoms with Gasteiger partial charge in [-0.25, -0.2) is 0 Å². The van der Waals surface area contributed by atoms with Crippen molar-refractivity contribution in [2.75, 3.05) is 79.3 Å². The summed E-state index contributed by atoms with van der Waals surface area (Å²) in [6, 6.07) is 0. The van der Waals surface area contributed by atoms with Crippen LogP contribution in [0.4, 0.5) is 0 Å². The van der Waals surface area contributed by atoms with E-state index in [0.717, 1.165) is 26.1 Å². The zero-order valence-electron chi connectivity index (χ0n) is 16.4. The molecule has 2 atom stereocenters. The Hall–Kier alpha value is -0.280. The first kappa shape index (κ1) is 22.0. The van der Waals surface area contributed by atoms with Gasteiger partial charge in [-0.15, -0.1) is 0 Å². The van der Waals surface area contributed by atoms with E-state index in [-0.39, 0.29) is 5.41 Å². The summed E-state index contributed by atoms with van der Waals surface area (Å²) in [6.45, 7) is 11.7. The summed E-state index contributed by atoms with van der Waals surface area (Å²) in [5.41, 5.74) is 0.0736. The van der Waals surface area contributed by atoms with E-state index in [4.69, 9.17) is 33.2 Å². The van der Waals surface area contributed by atoms with Gasteiger partial charge in [0.1, 0.15) is 0 Å². The molecule has 2 aliphatic rings. The monoisotopic (exact) mass is 376 g/mol. The largest absolute Gasteiger partial charge is 0.379 e. The SMILES string of the molecule is CCOCCOCCOCC1(COCCOCCOCC)CC2OC2C1. The Morgan fingerprint density at radius 3 is 1.42 bits per heavy atom. The number of rotatable bonds is 18. The summed E-state index contributed by atoms with van der Waals surface area (Å²) < 4.78 is 38.8. The van der Waals surface area contributed by atoms with Gasteiger partial charge in [0.25, 0.3) is 0 Å². The first-order valence-corrected chi connectivity index (χ1v) is 9.91. The molecule has 2 unspecified atom stereocenters. The molecule has 154 valence electrons. The zero-order chi connectivity index (χ0) is 18.5. The molecule has 1 aliphatic carbocycles. The second kappa shape index (κ2) is 13.0. The lowest BCUT2D eigenvalue weighted by atomic mass is 9.87. The number of hydrogen-bond donors (Lipinski definition) is 0. The van der Waals surface area contributed by atoms with E-state index in [1.807, 2.05) is 13.8 Å². The molecule has 7 heteroatoms. The van der Waals surface area contributed by atoms with E-state index in [2.05, 4.69) is 0 Å². The Kier molecular flexibility index (Phi) is 11.0. The highest BCUT2D eigenvalue weighted by molar-refractivity contribution is 5.03. The molecule has 2 rings (SSSR count). The number of ether oxygens (including phenoxy) is 7. The third-order valence-electron chi connectivity index (χ3n) is 4.67. The van der Waals surface area contributed by atoms with Crippen LogP contribution in [0, 0.1) is 5.41 Å². The third-order valence-corrected chi connectivity index (χ3v) is 4.67. The summed E-state index contributed by atoms with van der Waals surface area (Å²) in [4.78, 5) is 0. The molecular weight excluding hydrogens is 340 g/mol. The molecule has 0 radical (unpaired) electrons. The molecule has 0 bridgehead atoms. The van der Waals surface area contributed by atoms with Crippen molar-refractivity contribution in [3.8, 4) is 0 Å². The zero-order valence-corrected chi connectivity index (χ0v) is 16.4. The molecular formula is C19H36O7. The highest BCUT2D eigenvalue weighted by Gasteiger charge is 2.55. The molecule has 0 spiro atoms. The van der Waals surface area contributed by atoms with Crippen LogP contribution in [-0.4, -0.2) is 91.5 Å². The first-order valence-electron chi connectivity index (χ1n) is 9.91. The number of fused-ring (bicyclic) bond motifs is 1. The summed E-state index contributed by atoms with van der Waals surface area (Å²) in [6.07, 6.45) is 2.86. The highest BCUT2D eigenvalue weighted by Crippen LogP contribution is 2.50. The van der Waals surface area contributed by atoms with E-state index in [0.29, 0.717) is 78.3 Å². The van der Waals surface area contributed by atoms with Crippen molar-refractivity contribution in [1.29, 1.82) is 0 Å². The topological polar surface area (TPSA) is 67.9 Å². The molecule has 0 amide bonds. The molecule has 0 aromatic rings. The summed E-state index contributed by atoms with van der Waals surface area (Å²) >= 11 is 0. The van der Waals surface area contributed by atoms with Crippen LogP contribution in [0.1, 0.15) is 26.7 Å². The van der Waals surface area contributed by atoms with Crippen LogP contribution in [0.2, 0.25) is 0 Å². The minimum absolute atomic E-state index is 0.0736. The fourth-order valence-electron chi connectivity index (χ4n) is 3.29. The molecule has 26 heavy (non-hydrogen) atoms. The van der Waals surface area contributed by atoms with Crippen molar-refractivity contribution in [2.45, 2.75) is 38.9 Å². The Balaban J connectivity index is 1.50. The van der Waals surface area contributed by atoms with Gasteiger partial charge in [-0.3, -0.25) is 0 Å². The Morgan fingerprint density at radius 1 is 0.615 bits per heavy atom. The molecule has 7 nitrogen and oxygen atoms in total. The maximum atomic E-state index is 5.87. The molecule has 2 fully saturated rings. The number of epoxide rings is 1. The van der Waals surface area contributed by atoms with Gasteiger partial charge in [-0.2, -0.15) is 0 Å². The van der Waals surface area contributed by atoms with E-state index >= 15 is 0 Å². The van der Waals surface area contributed by atoms with E-state index in [1.165, 1.54) is 0 Å². The minimum Gasteiger partial charge on any atom is -0.379 e. The van der Waals surface area contributed by atoms with Crippen molar-refractivity contribution in [3.63, 3.8) is 0 Å². The third kappa shape index (κ3) is 8.61. The molecule has 1 heterocycles. The maximum absolute atomic E-state index is 5.87. The van der Waals surface area contributed by atoms with Gasteiger partial charge < -0.3 is 33.2 Å². The maximum Gasteiger partial charge on any atom is 0.0849 e. The predicted octanol–water partition coefficient (Wildman–Crippen LogP) is 1.67. The van der Waals surface area contributed by atoms with E-state index in [1.54, 1.807) is 0 Å². The molecule has 0 N–H and O–H groups in total. The quantitative estimate of drug-likeness (QED) is 0.266. The Labute approximate surface area is 157 Å². The van der Waals surface area contributed by atoms with Gasteiger partial charge >= 0.3 is 0 Å². The van der Waals surface area contributed by atoms with Crippen molar-refractivity contribution in [3.05, 3.63) is 0 Å². The van der Waals surface area contributed by atoms with Gasteiger partial charge in [0.05, 0.1) is 78.3 Å². The van der Waals surface area contributed by atoms with Crippen LogP contribution in [0.3, 0.4) is 0 Å². The lowest BCUT2D eigenvalue weighted by molar-refractivity contribution is -0.0607. The van der Waals surface area contributed by atoms with Crippen LogP contribution in [0.25, 0.3) is 0 Å². The molecule has 0 aromatic carbocycles. The molecule has 1 aliphatic heterocycles. The summed E-state index contributed by atoms with van der Waals surface area (Å²) in [5, 5.41) is 0. The molecule has 1 saturated carbocycles. The fraction of sp³-hybridized carbons (Fsp3) is 1.00. The number of hydrogen-bond acceptors (Lipinski definition) is 7. The first-order chi connectivity index (χ1) is 12.8. The van der Waals surface area contributed by atoms with Gasteiger partial charge in [0.15, 0.2) is 0 Å². The van der Waals surface area contributed by atoms with Crippen LogP contribution in [-0.2, 0) is 33.2 Å². The average Bonchev–Trinajstić information content (AvgIpc) is 3.26. The van der Waals surface area contributed by atoms with Crippen LogP contribution >= 0.6 is 0 Å². The van der Waals surface area contributed by atoms with Crippen molar-refractivity contribution < 1.29 is 33.2 Å².